The van der Waals surface area contributed by atoms with Crippen LogP contribution in [-0.2, 0) is 19.4 Å². The normalized spacial score (nSPS) is 14.4. The van der Waals surface area contributed by atoms with Crippen molar-refractivity contribution < 1.29 is 19.3 Å². The number of anilines is 1. The first-order valence-corrected chi connectivity index (χ1v) is 13.4. The predicted octanol–water partition coefficient (Wildman–Crippen LogP) is 3.55. The van der Waals surface area contributed by atoms with Crippen molar-refractivity contribution in [3.63, 3.8) is 0 Å². The molecule has 1 aliphatic rings. The Balaban J connectivity index is 1.06. The van der Waals surface area contributed by atoms with Crippen LogP contribution in [0.5, 0.6) is 5.75 Å². The first-order chi connectivity index (χ1) is 19.3. The highest BCUT2D eigenvalue weighted by molar-refractivity contribution is 5.84. The standard InChI is InChI=1S/C30H33FN6O3/c1-30(38,39)15-21-4-6-24(27(31)14-21)20-40-25-18-34-29(35-19-25)37-11-9-36(10-12-37)8-2-3-23-17-33-28-7-5-22(16-32)13-26(23)28/h4-7,13-14,17-19,33,38-39H,2-3,8-12,15,20H2,1H3. The summed E-state index contributed by atoms with van der Waals surface area (Å²) in [4.78, 5) is 16.8. The van der Waals surface area contributed by atoms with E-state index in [1.54, 1.807) is 24.5 Å². The van der Waals surface area contributed by atoms with Crippen molar-refractivity contribution in [3.8, 4) is 11.8 Å². The van der Waals surface area contributed by atoms with Crippen LogP contribution in [-0.4, -0.2) is 68.6 Å². The number of fused-ring (bicyclic) bond motifs is 1. The number of piperazine rings is 1. The molecule has 40 heavy (non-hydrogen) atoms. The van der Waals surface area contributed by atoms with Gasteiger partial charge in [0.05, 0.1) is 24.0 Å². The SMILES string of the molecule is CC(O)(O)Cc1ccc(COc2cnc(N3CCN(CCCc4c[nH]c5ccc(C#N)cc45)CC3)nc2)c(F)c1. The predicted molar refractivity (Wildman–Crippen MR) is 149 cm³/mol. The van der Waals surface area contributed by atoms with E-state index in [1.807, 2.05) is 24.4 Å². The van der Waals surface area contributed by atoms with Crippen LogP contribution in [0.1, 0.15) is 35.6 Å². The smallest absolute Gasteiger partial charge is 0.225 e. The van der Waals surface area contributed by atoms with Crippen molar-refractivity contribution in [3.05, 3.63) is 83.1 Å². The number of nitrogens with zero attached hydrogens (tertiary/aromatic N) is 5. The number of rotatable bonds is 10. The van der Waals surface area contributed by atoms with Crippen LogP contribution < -0.4 is 9.64 Å². The van der Waals surface area contributed by atoms with Crippen molar-refractivity contribution in [1.82, 2.24) is 19.9 Å². The van der Waals surface area contributed by atoms with Gasteiger partial charge in [0.2, 0.25) is 5.95 Å². The van der Waals surface area contributed by atoms with Gasteiger partial charge >= 0.3 is 0 Å². The molecule has 3 heterocycles. The topological polar surface area (TPSA) is 122 Å². The number of hydrogen-bond acceptors (Lipinski definition) is 8. The van der Waals surface area contributed by atoms with Crippen molar-refractivity contribution in [1.29, 1.82) is 5.26 Å². The largest absolute Gasteiger partial charge is 0.486 e. The van der Waals surface area contributed by atoms with Gasteiger partial charge in [-0.2, -0.15) is 5.26 Å². The Morgan fingerprint density at radius 2 is 1.85 bits per heavy atom. The first-order valence-electron chi connectivity index (χ1n) is 13.4. The molecule has 0 radical (unpaired) electrons. The van der Waals surface area contributed by atoms with Gasteiger partial charge in [-0.05, 0) is 61.7 Å². The van der Waals surface area contributed by atoms with Gasteiger partial charge in [0.15, 0.2) is 11.5 Å². The summed E-state index contributed by atoms with van der Waals surface area (Å²) in [5, 5.41) is 29.3. The fourth-order valence-corrected chi connectivity index (χ4v) is 5.03. The van der Waals surface area contributed by atoms with Crippen LogP contribution >= 0.6 is 0 Å². The Kier molecular flexibility index (Phi) is 8.26. The number of aliphatic hydroxyl groups is 2. The Morgan fingerprint density at radius 1 is 1.07 bits per heavy atom. The summed E-state index contributed by atoms with van der Waals surface area (Å²) in [6.07, 6.45) is 7.18. The van der Waals surface area contributed by atoms with E-state index in [0.717, 1.165) is 56.5 Å². The summed E-state index contributed by atoms with van der Waals surface area (Å²) in [7, 11) is 0. The molecule has 3 N–H and O–H groups in total. The first kappa shape index (κ1) is 27.5. The maximum Gasteiger partial charge on any atom is 0.225 e. The highest BCUT2D eigenvalue weighted by atomic mass is 19.1. The fraction of sp³-hybridized carbons (Fsp3) is 0.367. The third-order valence-electron chi connectivity index (χ3n) is 7.14. The van der Waals surface area contributed by atoms with Crippen LogP contribution in [0.3, 0.4) is 0 Å². The van der Waals surface area contributed by atoms with Gasteiger partial charge in [-0.1, -0.05) is 12.1 Å². The molecule has 5 rings (SSSR count). The molecule has 9 nitrogen and oxygen atoms in total. The van der Waals surface area contributed by atoms with Crippen LogP contribution in [0.2, 0.25) is 0 Å². The summed E-state index contributed by atoms with van der Waals surface area (Å²) in [5.41, 5.74) is 3.85. The van der Waals surface area contributed by atoms with Crippen LogP contribution in [0.25, 0.3) is 10.9 Å². The molecular weight excluding hydrogens is 511 g/mol. The minimum Gasteiger partial charge on any atom is -0.486 e. The molecular formula is C30H33FN6O3. The molecule has 0 saturated carbocycles. The summed E-state index contributed by atoms with van der Waals surface area (Å²) in [5.74, 6) is -1.26. The summed E-state index contributed by atoms with van der Waals surface area (Å²) in [6.45, 7) is 5.79. The van der Waals surface area contributed by atoms with Crippen molar-refractivity contribution in [2.24, 2.45) is 0 Å². The molecule has 4 aromatic rings. The number of ether oxygens (including phenoxy) is 1. The molecule has 10 heteroatoms. The van der Waals surface area contributed by atoms with Gasteiger partial charge in [-0.3, -0.25) is 4.90 Å². The number of aromatic nitrogens is 3. The van der Waals surface area contributed by atoms with Gasteiger partial charge in [-0.25, -0.2) is 14.4 Å². The lowest BCUT2D eigenvalue weighted by Gasteiger charge is -2.34. The quantitative estimate of drug-likeness (QED) is 0.259. The lowest BCUT2D eigenvalue weighted by molar-refractivity contribution is -0.142. The number of aryl methyl sites for hydroxylation is 1. The Labute approximate surface area is 232 Å². The van der Waals surface area contributed by atoms with Gasteiger partial charge in [0.1, 0.15) is 12.4 Å². The summed E-state index contributed by atoms with van der Waals surface area (Å²) < 4.78 is 20.1. The van der Waals surface area contributed by atoms with E-state index in [4.69, 9.17) is 4.74 Å². The highest BCUT2D eigenvalue weighted by Crippen LogP contribution is 2.22. The van der Waals surface area contributed by atoms with E-state index in [1.165, 1.54) is 18.6 Å². The van der Waals surface area contributed by atoms with Crippen molar-refractivity contribution in [2.75, 3.05) is 37.6 Å². The molecule has 2 aromatic heterocycles. The lowest BCUT2D eigenvalue weighted by atomic mass is 10.0. The molecule has 1 fully saturated rings. The maximum absolute atomic E-state index is 14.4. The lowest BCUT2D eigenvalue weighted by Crippen LogP contribution is -2.47. The Morgan fingerprint density at radius 3 is 2.55 bits per heavy atom. The second-order valence-corrected chi connectivity index (χ2v) is 10.4. The summed E-state index contributed by atoms with van der Waals surface area (Å²) >= 11 is 0. The maximum atomic E-state index is 14.4. The second-order valence-electron chi connectivity index (χ2n) is 10.4. The highest BCUT2D eigenvalue weighted by Gasteiger charge is 2.20. The number of H-pyrrole nitrogens is 1. The van der Waals surface area contributed by atoms with E-state index < -0.39 is 11.6 Å². The zero-order valence-corrected chi connectivity index (χ0v) is 22.5. The molecule has 0 aliphatic carbocycles. The van der Waals surface area contributed by atoms with Crippen molar-refractivity contribution in [2.45, 2.75) is 38.6 Å². The van der Waals surface area contributed by atoms with Gasteiger partial charge < -0.3 is 24.8 Å². The van der Waals surface area contributed by atoms with E-state index in [-0.39, 0.29) is 13.0 Å². The van der Waals surface area contributed by atoms with Gasteiger partial charge in [0, 0.05) is 55.3 Å². The number of halogens is 1. The van der Waals surface area contributed by atoms with E-state index >= 15 is 0 Å². The number of hydrogen-bond donors (Lipinski definition) is 3. The number of nitrogens with one attached hydrogen (secondary N) is 1. The van der Waals surface area contributed by atoms with Crippen LogP contribution in [0, 0.1) is 17.1 Å². The molecule has 0 atom stereocenters. The zero-order chi connectivity index (χ0) is 28.1. The number of nitriles is 1. The average molecular weight is 545 g/mol. The fourth-order valence-electron chi connectivity index (χ4n) is 5.03. The monoisotopic (exact) mass is 544 g/mol. The zero-order valence-electron chi connectivity index (χ0n) is 22.5. The van der Waals surface area contributed by atoms with Gasteiger partial charge in [-0.15, -0.1) is 0 Å². The Hall–Kier alpha value is -4.04. The third-order valence-corrected chi connectivity index (χ3v) is 7.14. The molecule has 0 spiro atoms. The number of aromatic amines is 1. The van der Waals surface area contributed by atoms with Crippen LogP contribution in [0.15, 0.2) is 55.0 Å². The molecule has 0 amide bonds. The molecule has 1 aliphatic heterocycles. The minimum absolute atomic E-state index is 0.0149. The molecule has 208 valence electrons. The average Bonchev–Trinajstić information content (AvgIpc) is 3.34. The van der Waals surface area contributed by atoms with E-state index in [2.05, 4.69) is 30.8 Å². The number of benzene rings is 2. The molecule has 2 aromatic carbocycles. The molecule has 0 unspecified atom stereocenters. The minimum atomic E-state index is -1.89. The molecule has 1 saturated heterocycles. The Bertz CT molecular complexity index is 1480. The third kappa shape index (κ3) is 6.93. The van der Waals surface area contributed by atoms with E-state index in [9.17, 15) is 19.9 Å². The van der Waals surface area contributed by atoms with Crippen LogP contribution in [0.4, 0.5) is 10.3 Å². The van der Waals surface area contributed by atoms with Gasteiger partial charge in [0.25, 0.3) is 0 Å². The molecule has 0 bridgehead atoms. The van der Waals surface area contributed by atoms with Crippen molar-refractivity contribution >= 4 is 16.9 Å². The summed E-state index contributed by atoms with van der Waals surface area (Å²) in [6, 6.07) is 12.5. The second kappa shape index (κ2) is 12.0. The van der Waals surface area contributed by atoms with E-state index in [0.29, 0.717) is 28.4 Å².